The molecule has 1 amide bonds. The second-order valence-electron chi connectivity index (χ2n) is 9.68. The zero-order valence-corrected chi connectivity index (χ0v) is 19.1. The number of benzene rings is 2. The SMILES string of the molecule is Cc1c(-c2ccc(OC3CC4CC[C@@H](C3)N4C(=O)[C@H]3CCCO3)cc2)ccc2cccnc12. The second-order valence-corrected chi connectivity index (χ2v) is 9.68. The van der Waals surface area contributed by atoms with Crippen LogP contribution in [0.5, 0.6) is 5.75 Å². The van der Waals surface area contributed by atoms with Crippen LogP contribution in [0.1, 0.15) is 44.1 Å². The third kappa shape index (κ3) is 3.78. The van der Waals surface area contributed by atoms with Crippen molar-refractivity contribution in [2.45, 2.75) is 69.7 Å². The van der Waals surface area contributed by atoms with Gasteiger partial charge in [-0.25, -0.2) is 0 Å². The minimum absolute atomic E-state index is 0.161. The van der Waals surface area contributed by atoms with E-state index in [4.69, 9.17) is 9.47 Å². The third-order valence-electron chi connectivity index (χ3n) is 7.65. The molecule has 33 heavy (non-hydrogen) atoms. The summed E-state index contributed by atoms with van der Waals surface area (Å²) < 4.78 is 12.1. The lowest BCUT2D eigenvalue weighted by molar-refractivity contribution is -0.147. The molecule has 5 heteroatoms. The number of pyridine rings is 1. The fourth-order valence-electron chi connectivity index (χ4n) is 6.03. The van der Waals surface area contributed by atoms with Crippen molar-refractivity contribution in [2.24, 2.45) is 0 Å². The van der Waals surface area contributed by atoms with E-state index in [1.165, 1.54) is 16.7 Å². The van der Waals surface area contributed by atoms with Crippen LogP contribution in [0.15, 0.2) is 54.7 Å². The first-order chi connectivity index (χ1) is 16.2. The number of amides is 1. The molecule has 0 N–H and O–H groups in total. The molecule has 0 radical (unpaired) electrons. The Hall–Kier alpha value is -2.92. The number of aromatic nitrogens is 1. The zero-order chi connectivity index (χ0) is 22.4. The van der Waals surface area contributed by atoms with E-state index in [9.17, 15) is 4.79 Å². The summed E-state index contributed by atoms with van der Waals surface area (Å²) >= 11 is 0. The van der Waals surface area contributed by atoms with Gasteiger partial charge in [0.1, 0.15) is 18.0 Å². The fourth-order valence-corrected chi connectivity index (χ4v) is 6.03. The average molecular weight is 443 g/mol. The molecule has 2 aromatic carbocycles. The molecule has 6 rings (SSSR count). The number of carbonyl (C=O) groups is 1. The molecule has 3 aromatic rings. The molecule has 1 aromatic heterocycles. The number of carbonyl (C=O) groups excluding carboxylic acids is 1. The number of hydrogen-bond donors (Lipinski definition) is 0. The van der Waals surface area contributed by atoms with Gasteiger partial charge in [0.05, 0.1) is 5.52 Å². The van der Waals surface area contributed by atoms with E-state index in [0.717, 1.165) is 61.8 Å². The van der Waals surface area contributed by atoms with E-state index in [1.54, 1.807) is 0 Å². The van der Waals surface area contributed by atoms with E-state index in [1.807, 2.05) is 12.3 Å². The third-order valence-corrected chi connectivity index (χ3v) is 7.65. The first-order valence-corrected chi connectivity index (χ1v) is 12.2. The van der Waals surface area contributed by atoms with Crippen LogP contribution in [0.2, 0.25) is 0 Å². The monoisotopic (exact) mass is 442 g/mol. The Bertz CT molecular complexity index is 1160. The van der Waals surface area contributed by atoms with Gasteiger partial charge >= 0.3 is 0 Å². The summed E-state index contributed by atoms with van der Waals surface area (Å²) in [4.78, 5) is 19.7. The first-order valence-electron chi connectivity index (χ1n) is 12.2. The van der Waals surface area contributed by atoms with Crippen LogP contribution in [0.3, 0.4) is 0 Å². The zero-order valence-electron chi connectivity index (χ0n) is 19.1. The lowest BCUT2D eigenvalue weighted by Gasteiger charge is -2.39. The predicted octanol–water partition coefficient (Wildman–Crippen LogP) is 5.29. The summed E-state index contributed by atoms with van der Waals surface area (Å²) in [7, 11) is 0. The van der Waals surface area contributed by atoms with Crippen LogP contribution in [-0.4, -0.2) is 46.7 Å². The van der Waals surface area contributed by atoms with Crippen LogP contribution >= 0.6 is 0 Å². The van der Waals surface area contributed by atoms with Crippen molar-refractivity contribution in [1.29, 1.82) is 0 Å². The van der Waals surface area contributed by atoms with Crippen molar-refractivity contribution >= 4 is 16.8 Å². The number of fused-ring (bicyclic) bond motifs is 3. The highest BCUT2D eigenvalue weighted by atomic mass is 16.5. The van der Waals surface area contributed by atoms with E-state index >= 15 is 0 Å². The maximum atomic E-state index is 13.0. The number of rotatable bonds is 4. The quantitative estimate of drug-likeness (QED) is 0.551. The van der Waals surface area contributed by atoms with Crippen LogP contribution < -0.4 is 4.74 Å². The van der Waals surface area contributed by atoms with Gasteiger partial charge in [0.2, 0.25) is 0 Å². The van der Waals surface area contributed by atoms with Crippen LogP contribution in [0.4, 0.5) is 0 Å². The normalized spacial score (nSPS) is 26.6. The summed E-state index contributed by atoms with van der Waals surface area (Å²) in [5.74, 6) is 1.11. The smallest absolute Gasteiger partial charge is 0.252 e. The van der Waals surface area contributed by atoms with Crippen molar-refractivity contribution in [2.75, 3.05) is 6.61 Å². The van der Waals surface area contributed by atoms with Gasteiger partial charge < -0.3 is 14.4 Å². The Labute approximate surface area is 194 Å². The summed E-state index contributed by atoms with van der Waals surface area (Å²) in [5, 5.41) is 1.16. The predicted molar refractivity (Wildman–Crippen MR) is 128 cm³/mol. The standard InChI is InChI=1S/C28H30N2O3/c1-18-25(13-8-20-4-2-14-29-27(18)20)19-6-11-23(12-7-19)33-24-16-21-9-10-22(17-24)30(21)28(31)26-5-3-15-32-26/h2,4,6-8,11-14,21-22,24,26H,3,5,9-10,15-17H2,1H3/t21-,22?,24?,26+/m0/s1. The maximum Gasteiger partial charge on any atom is 0.252 e. The van der Waals surface area contributed by atoms with Gasteiger partial charge in [0, 0.05) is 43.1 Å². The number of hydrogen-bond acceptors (Lipinski definition) is 4. The van der Waals surface area contributed by atoms with Gasteiger partial charge in [0.15, 0.2) is 0 Å². The lowest BCUT2D eigenvalue weighted by atomic mass is 9.97. The molecule has 0 aliphatic carbocycles. The van der Waals surface area contributed by atoms with Crippen molar-refractivity contribution in [3.05, 3.63) is 60.3 Å². The number of piperidine rings is 1. The molecule has 0 spiro atoms. The lowest BCUT2D eigenvalue weighted by Crippen LogP contribution is -2.52. The molecular formula is C28H30N2O3. The molecular weight excluding hydrogens is 412 g/mol. The molecule has 170 valence electrons. The van der Waals surface area contributed by atoms with Crippen molar-refractivity contribution in [3.8, 4) is 16.9 Å². The first kappa shape index (κ1) is 20.7. The summed E-state index contributed by atoms with van der Waals surface area (Å²) in [6.07, 6.45) is 7.64. The number of aryl methyl sites for hydroxylation is 1. The fraction of sp³-hybridized carbons (Fsp3) is 0.429. The molecule has 2 unspecified atom stereocenters. The molecule has 4 atom stereocenters. The van der Waals surface area contributed by atoms with E-state index < -0.39 is 0 Å². The summed E-state index contributed by atoms with van der Waals surface area (Å²) in [6.45, 7) is 2.85. The van der Waals surface area contributed by atoms with Gasteiger partial charge in [-0.1, -0.05) is 30.3 Å². The van der Waals surface area contributed by atoms with Crippen molar-refractivity contribution in [1.82, 2.24) is 9.88 Å². The maximum absolute atomic E-state index is 13.0. The largest absolute Gasteiger partial charge is 0.490 e. The molecule has 3 aliphatic rings. The molecule has 3 fully saturated rings. The van der Waals surface area contributed by atoms with Crippen molar-refractivity contribution < 1.29 is 14.3 Å². The topological polar surface area (TPSA) is 51.7 Å². The number of ether oxygens (including phenoxy) is 2. The second kappa shape index (κ2) is 8.45. The molecule has 5 nitrogen and oxygen atoms in total. The van der Waals surface area contributed by atoms with Gasteiger partial charge in [-0.15, -0.1) is 0 Å². The Morgan fingerprint density at radius 1 is 1.03 bits per heavy atom. The van der Waals surface area contributed by atoms with E-state index in [-0.39, 0.29) is 30.2 Å². The highest BCUT2D eigenvalue weighted by molar-refractivity contribution is 5.88. The molecule has 3 saturated heterocycles. The average Bonchev–Trinajstić information content (AvgIpc) is 3.47. The van der Waals surface area contributed by atoms with Gasteiger partial charge in [-0.05, 0) is 67.5 Å². The Kier molecular flexibility index (Phi) is 5.30. The Balaban J connectivity index is 1.14. The van der Waals surface area contributed by atoms with E-state index in [2.05, 4.69) is 59.3 Å². The summed E-state index contributed by atoms with van der Waals surface area (Å²) in [5.41, 5.74) is 4.62. The molecule has 3 aliphatic heterocycles. The minimum Gasteiger partial charge on any atom is -0.490 e. The summed E-state index contributed by atoms with van der Waals surface area (Å²) in [6, 6.07) is 17.4. The van der Waals surface area contributed by atoms with E-state index in [0.29, 0.717) is 0 Å². The molecule has 0 saturated carbocycles. The molecule has 4 heterocycles. The number of nitrogens with zero attached hydrogens (tertiary/aromatic N) is 2. The van der Waals surface area contributed by atoms with Crippen LogP contribution in [0.25, 0.3) is 22.0 Å². The van der Waals surface area contributed by atoms with Gasteiger partial charge in [-0.3, -0.25) is 9.78 Å². The Morgan fingerprint density at radius 2 is 1.82 bits per heavy atom. The minimum atomic E-state index is -0.216. The highest BCUT2D eigenvalue weighted by Gasteiger charge is 2.46. The Morgan fingerprint density at radius 3 is 2.55 bits per heavy atom. The van der Waals surface area contributed by atoms with Crippen LogP contribution in [-0.2, 0) is 9.53 Å². The highest BCUT2D eigenvalue weighted by Crippen LogP contribution is 2.39. The van der Waals surface area contributed by atoms with Crippen molar-refractivity contribution in [3.63, 3.8) is 0 Å². The van der Waals surface area contributed by atoms with Gasteiger partial charge in [0.25, 0.3) is 5.91 Å². The molecule has 2 bridgehead atoms. The van der Waals surface area contributed by atoms with Gasteiger partial charge in [-0.2, -0.15) is 0 Å². The van der Waals surface area contributed by atoms with Crippen LogP contribution in [0, 0.1) is 6.92 Å².